The van der Waals surface area contributed by atoms with E-state index < -0.39 is 17.8 Å². The fraction of sp³-hybridized carbons (Fsp3) is 0.0455. The predicted octanol–water partition coefficient (Wildman–Crippen LogP) is 4.01. The minimum atomic E-state index is -0.558. The lowest BCUT2D eigenvalue weighted by Gasteiger charge is -2.14. The van der Waals surface area contributed by atoms with Crippen LogP contribution in [0.15, 0.2) is 72.8 Å². The molecule has 5 nitrogen and oxygen atoms in total. The summed E-state index contributed by atoms with van der Waals surface area (Å²) in [5, 5.41) is 0. The standard InChI is InChI=1S/C22H15NO4/c1-14-9-11-17(12-10-14)27-22(26)15-5-4-6-16(13-15)23-20(24)18-7-2-3-8-19(18)21(23)25/h2-13H,1H3. The number of imide groups is 1. The van der Waals surface area contributed by atoms with Gasteiger partial charge in [0.15, 0.2) is 0 Å². The molecule has 5 heteroatoms. The molecule has 0 spiro atoms. The molecule has 0 aliphatic carbocycles. The van der Waals surface area contributed by atoms with Crippen LogP contribution in [0.25, 0.3) is 0 Å². The topological polar surface area (TPSA) is 63.7 Å². The van der Waals surface area contributed by atoms with Gasteiger partial charge in [0.2, 0.25) is 0 Å². The summed E-state index contributed by atoms with van der Waals surface area (Å²) in [6, 6.07) is 20.1. The number of anilines is 1. The smallest absolute Gasteiger partial charge is 0.343 e. The summed E-state index contributed by atoms with van der Waals surface area (Å²) in [7, 11) is 0. The Bertz CT molecular complexity index is 1030. The van der Waals surface area contributed by atoms with Crippen LogP contribution in [-0.4, -0.2) is 17.8 Å². The summed E-state index contributed by atoms with van der Waals surface area (Å²) in [4.78, 5) is 38.7. The minimum Gasteiger partial charge on any atom is -0.423 e. The van der Waals surface area contributed by atoms with E-state index in [4.69, 9.17) is 4.74 Å². The average molecular weight is 357 g/mol. The molecule has 0 atom stereocenters. The van der Waals surface area contributed by atoms with E-state index in [0.717, 1.165) is 10.5 Å². The summed E-state index contributed by atoms with van der Waals surface area (Å²) in [6.07, 6.45) is 0. The summed E-state index contributed by atoms with van der Waals surface area (Å²) in [5.74, 6) is -0.937. The predicted molar refractivity (Wildman–Crippen MR) is 100 cm³/mol. The number of nitrogens with zero attached hydrogens (tertiary/aromatic N) is 1. The van der Waals surface area contributed by atoms with Crippen LogP contribution in [0.1, 0.15) is 36.6 Å². The van der Waals surface area contributed by atoms with Crippen LogP contribution in [-0.2, 0) is 0 Å². The number of aryl methyl sites for hydroxylation is 1. The highest BCUT2D eigenvalue weighted by atomic mass is 16.5. The van der Waals surface area contributed by atoms with Crippen molar-refractivity contribution in [1.82, 2.24) is 0 Å². The first-order valence-electron chi connectivity index (χ1n) is 8.41. The zero-order valence-electron chi connectivity index (χ0n) is 14.5. The SMILES string of the molecule is Cc1ccc(OC(=O)c2cccc(N3C(=O)c4ccccc4C3=O)c2)cc1. The van der Waals surface area contributed by atoms with Gasteiger partial charge in [-0.1, -0.05) is 35.9 Å². The summed E-state index contributed by atoms with van der Waals surface area (Å²) >= 11 is 0. The van der Waals surface area contributed by atoms with Gasteiger partial charge in [-0.25, -0.2) is 9.69 Å². The molecular weight excluding hydrogens is 342 g/mol. The first kappa shape index (κ1) is 16.7. The Labute approximate surface area is 155 Å². The molecule has 3 aromatic rings. The third-order valence-corrected chi connectivity index (χ3v) is 4.37. The van der Waals surface area contributed by atoms with Crippen molar-refractivity contribution in [2.24, 2.45) is 0 Å². The van der Waals surface area contributed by atoms with Crippen LogP contribution >= 0.6 is 0 Å². The summed E-state index contributed by atoms with van der Waals surface area (Å²) in [5.41, 5.74) is 2.36. The van der Waals surface area contributed by atoms with Crippen molar-refractivity contribution in [2.45, 2.75) is 6.92 Å². The van der Waals surface area contributed by atoms with Crippen molar-refractivity contribution in [2.75, 3.05) is 4.90 Å². The number of carbonyl (C=O) groups is 3. The second-order valence-electron chi connectivity index (χ2n) is 6.24. The quantitative estimate of drug-likeness (QED) is 0.404. The van der Waals surface area contributed by atoms with Gasteiger partial charge in [0.05, 0.1) is 22.4 Å². The lowest BCUT2D eigenvalue weighted by Crippen LogP contribution is -2.29. The molecule has 0 fully saturated rings. The lowest BCUT2D eigenvalue weighted by molar-refractivity contribution is 0.0733. The molecule has 0 radical (unpaired) electrons. The van der Waals surface area contributed by atoms with E-state index in [1.54, 1.807) is 54.6 Å². The molecule has 0 unspecified atom stereocenters. The van der Waals surface area contributed by atoms with E-state index in [0.29, 0.717) is 22.6 Å². The number of carbonyl (C=O) groups excluding carboxylic acids is 3. The maximum absolute atomic E-state index is 12.6. The number of hydrogen-bond acceptors (Lipinski definition) is 4. The fourth-order valence-corrected chi connectivity index (χ4v) is 2.97. The number of benzene rings is 3. The first-order chi connectivity index (χ1) is 13.0. The molecule has 0 aromatic heterocycles. The molecule has 0 saturated carbocycles. The van der Waals surface area contributed by atoms with Gasteiger partial charge in [0, 0.05) is 0 Å². The fourth-order valence-electron chi connectivity index (χ4n) is 2.97. The Morgan fingerprint density at radius 2 is 1.44 bits per heavy atom. The van der Waals surface area contributed by atoms with Crippen LogP contribution in [0.3, 0.4) is 0 Å². The first-order valence-corrected chi connectivity index (χ1v) is 8.41. The Morgan fingerprint density at radius 3 is 2.07 bits per heavy atom. The molecule has 1 aliphatic rings. The monoisotopic (exact) mass is 357 g/mol. The molecule has 2 amide bonds. The van der Waals surface area contributed by atoms with Gasteiger partial charge in [0.1, 0.15) is 5.75 Å². The van der Waals surface area contributed by atoms with Crippen molar-refractivity contribution in [1.29, 1.82) is 0 Å². The Hall–Kier alpha value is -3.73. The number of esters is 1. The number of ether oxygens (including phenoxy) is 1. The Kier molecular flexibility index (Phi) is 4.05. The molecule has 0 bridgehead atoms. The Morgan fingerprint density at radius 1 is 0.815 bits per heavy atom. The second-order valence-corrected chi connectivity index (χ2v) is 6.24. The molecule has 3 aromatic carbocycles. The van der Waals surface area contributed by atoms with Crippen molar-refractivity contribution in [3.8, 4) is 5.75 Å². The largest absolute Gasteiger partial charge is 0.423 e. The van der Waals surface area contributed by atoms with Crippen molar-refractivity contribution >= 4 is 23.5 Å². The van der Waals surface area contributed by atoms with Crippen LogP contribution < -0.4 is 9.64 Å². The third kappa shape index (κ3) is 3.00. The van der Waals surface area contributed by atoms with E-state index >= 15 is 0 Å². The summed E-state index contributed by atoms with van der Waals surface area (Å²) < 4.78 is 5.36. The molecule has 0 saturated heterocycles. The van der Waals surface area contributed by atoms with E-state index in [9.17, 15) is 14.4 Å². The Balaban J connectivity index is 1.62. The maximum atomic E-state index is 12.6. The molecule has 4 rings (SSSR count). The number of hydrogen-bond donors (Lipinski definition) is 0. The zero-order valence-corrected chi connectivity index (χ0v) is 14.5. The van der Waals surface area contributed by atoms with Gasteiger partial charge in [-0.05, 0) is 49.4 Å². The highest BCUT2D eigenvalue weighted by Gasteiger charge is 2.36. The van der Waals surface area contributed by atoms with Crippen molar-refractivity contribution in [3.63, 3.8) is 0 Å². The third-order valence-electron chi connectivity index (χ3n) is 4.37. The highest BCUT2D eigenvalue weighted by Crippen LogP contribution is 2.29. The van der Waals surface area contributed by atoms with Crippen LogP contribution in [0.2, 0.25) is 0 Å². The lowest BCUT2D eigenvalue weighted by atomic mass is 10.1. The second kappa shape index (κ2) is 6.53. The molecule has 27 heavy (non-hydrogen) atoms. The zero-order chi connectivity index (χ0) is 19.0. The maximum Gasteiger partial charge on any atom is 0.343 e. The average Bonchev–Trinajstić information content (AvgIpc) is 2.95. The van der Waals surface area contributed by atoms with Gasteiger partial charge in [-0.3, -0.25) is 9.59 Å². The van der Waals surface area contributed by atoms with E-state index in [1.165, 1.54) is 6.07 Å². The molecular formula is C22H15NO4. The van der Waals surface area contributed by atoms with Crippen LogP contribution in [0, 0.1) is 6.92 Å². The number of amides is 2. The van der Waals surface area contributed by atoms with E-state index in [1.807, 2.05) is 19.1 Å². The van der Waals surface area contributed by atoms with Crippen molar-refractivity contribution < 1.29 is 19.1 Å². The molecule has 1 heterocycles. The minimum absolute atomic E-state index is 0.254. The van der Waals surface area contributed by atoms with E-state index in [2.05, 4.69) is 0 Å². The summed E-state index contributed by atoms with van der Waals surface area (Å²) in [6.45, 7) is 1.94. The van der Waals surface area contributed by atoms with Gasteiger partial charge in [-0.2, -0.15) is 0 Å². The molecule has 132 valence electrons. The highest BCUT2D eigenvalue weighted by molar-refractivity contribution is 6.34. The van der Waals surface area contributed by atoms with Gasteiger partial charge >= 0.3 is 5.97 Å². The van der Waals surface area contributed by atoms with Gasteiger partial charge in [0.25, 0.3) is 11.8 Å². The van der Waals surface area contributed by atoms with Crippen molar-refractivity contribution in [3.05, 3.63) is 95.1 Å². The van der Waals surface area contributed by atoms with Crippen LogP contribution in [0.5, 0.6) is 5.75 Å². The van der Waals surface area contributed by atoms with Gasteiger partial charge < -0.3 is 4.74 Å². The van der Waals surface area contributed by atoms with Crippen LogP contribution in [0.4, 0.5) is 5.69 Å². The van der Waals surface area contributed by atoms with E-state index in [-0.39, 0.29) is 5.56 Å². The molecule has 0 N–H and O–H groups in total. The number of rotatable bonds is 3. The van der Waals surface area contributed by atoms with Gasteiger partial charge in [-0.15, -0.1) is 0 Å². The normalized spacial score (nSPS) is 12.9. The molecule has 1 aliphatic heterocycles. The number of fused-ring (bicyclic) bond motifs is 1.